The Morgan fingerprint density at radius 3 is 2.79 bits per heavy atom. The molecule has 0 saturated carbocycles. The maximum atomic E-state index is 12.5. The zero-order valence-corrected chi connectivity index (χ0v) is 12.4. The number of ether oxygens (including phenoxy) is 1. The van der Waals surface area contributed by atoms with E-state index in [1.54, 1.807) is 0 Å². The van der Waals surface area contributed by atoms with Crippen LogP contribution in [-0.4, -0.2) is 57.7 Å². The van der Waals surface area contributed by atoms with Gasteiger partial charge in [0, 0.05) is 23.5 Å². The fourth-order valence-corrected chi connectivity index (χ4v) is 2.89. The van der Waals surface area contributed by atoms with Gasteiger partial charge in [0.2, 0.25) is 0 Å². The van der Waals surface area contributed by atoms with E-state index >= 15 is 0 Å². The zero-order chi connectivity index (χ0) is 17.5. The number of carbonyl (C=O) groups excluding carboxylic acids is 1. The van der Waals surface area contributed by atoms with E-state index in [4.69, 9.17) is 0 Å². The van der Waals surface area contributed by atoms with Crippen molar-refractivity contribution in [2.75, 3.05) is 13.2 Å². The predicted octanol–water partition coefficient (Wildman–Crippen LogP) is 1.63. The molecule has 2 aromatic rings. The van der Waals surface area contributed by atoms with E-state index in [0.717, 1.165) is 12.1 Å². The summed E-state index contributed by atoms with van der Waals surface area (Å²) in [6, 6.07) is 4.75. The van der Waals surface area contributed by atoms with Gasteiger partial charge in [-0.15, -0.1) is 13.2 Å². The standard InChI is InChI=1S/C15H15F3N2O4/c16-15(17,18)24-11-2-1-8-3-13(19-12(8)5-11)14(23)20-6-10(22)4-9(20)7-21/h1-3,5,9-10,19,21-22H,4,6-7H2/t9-,10-/m0/s1. The van der Waals surface area contributed by atoms with Crippen molar-refractivity contribution in [3.05, 3.63) is 30.0 Å². The van der Waals surface area contributed by atoms with Crippen LogP contribution >= 0.6 is 0 Å². The van der Waals surface area contributed by atoms with Gasteiger partial charge in [-0.25, -0.2) is 0 Å². The Morgan fingerprint density at radius 2 is 2.12 bits per heavy atom. The molecule has 3 N–H and O–H groups in total. The topological polar surface area (TPSA) is 85.8 Å². The number of nitrogens with one attached hydrogen (secondary N) is 1. The monoisotopic (exact) mass is 344 g/mol. The Kier molecular flexibility index (Phi) is 4.14. The van der Waals surface area contributed by atoms with Crippen molar-refractivity contribution in [1.29, 1.82) is 0 Å². The number of benzene rings is 1. The van der Waals surface area contributed by atoms with E-state index in [1.807, 2.05) is 0 Å². The molecule has 0 radical (unpaired) electrons. The maximum absolute atomic E-state index is 12.5. The summed E-state index contributed by atoms with van der Waals surface area (Å²) in [6.07, 6.45) is -5.22. The lowest BCUT2D eigenvalue weighted by atomic mass is 10.2. The molecule has 0 aliphatic carbocycles. The van der Waals surface area contributed by atoms with Crippen LogP contribution in [0.25, 0.3) is 10.9 Å². The Labute approximate surface area is 134 Å². The van der Waals surface area contributed by atoms with Crippen molar-refractivity contribution in [3.8, 4) is 5.75 Å². The largest absolute Gasteiger partial charge is 0.573 e. The van der Waals surface area contributed by atoms with E-state index in [0.29, 0.717) is 10.9 Å². The molecule has 9 heteroatoms. The lowest BCUT2D eigenvalue weighted by Gasteiger charge is -2.21. The molecule has 1 fully saturated rings. The number of halogens is 3. The number of β-amino-alcohol motifs (C(OH)–C–C–N with tert-alkyl or cyclic N) is 1. The molecular formula is C15H15F3N2O4. The van der Waals surface area contributed by atoms with Crippen molar-refractivity contribution < 1.29 is 32.9 Å². The van der Waals surface area contributed by atoms with Gasteiger partial charge in [-0.3, -0.25) is 4.79 Å². The molecule has 3 rings (SSSR count). The van der Waals surface area contributed by atoms with Crippen LogP contribution in [0.2, 0.25) is 0 Å². The number of aromatic nitrogens is 1. The number of aliphatic hydroxyl groups is 2. The highest BCUT2D eigenvalue weighted by Crippen LogP contribution is 2.28. The molecule has 1 aromatic carbocycles. The van der Waals surface area contributed by atoms with Gasteiger partial charge in [0.25, 0.3) is 5.91 Å². The summed E-state index contributed by atoms with van der Waals surface area (Å²) in [5, 5.41) is 19.5. The number of hydrogen-bond acceptors (Lipinski definition) is 4. The number of fused-ring (bicyclic) bond motifs is 1. The number of amides is 1. The number of alkyl halides is 3. The molecule has 130 valence electrons. The van der Waals surface area contributed by atoms with Gasteiger partial charge >= 0.3 is 6.36 Å². The first-order valence-corrected chi connectivity index (χ1v) is 7.25. The predicted molar refractivity (Wildman–Crippen MR) is 77.5 cm³/mol. The summed E-state index contributed by atoms with van der Waals surface area (Å²) >= 11 is 0. The van der Waals surface area contributed by atoms with Crippen LogP contribution in [0.15, 0.2) is 24.3 Å². The van der Waals surface area contributed by atoms with E-state index in [9.17, 15) is 28.2 Å². The van der Waals surface area contributed by atoms with Crippen LogP contribution in [0.4, 0.5) is 13.2 Å². The second-order valence-electron chi connectivity index (χ2n) is 5.66. The Hall–Kier alpha value is -2.26. The van der Waals surface area contributed by atoms with Gasteiger partial charge in [0.1, 0.15) is 11.4 Å². The van der Waals surface area contributed by atoms with Gasteiger partial charge in [0.05, 0.1) is 18.8 Å². The molecule has 1 aliphatic heterocycles. The molecule has 1 aromatic heterocycles. The molecule has 0 unspecified atom stereocenters. The minimum Gasteiger partial charge on any atom is -0.406 e. The number of nitrogens with zero attached hydrogens (tertiary/aromatic N) is 1. The highest BCUT2D eigenvalue weighted by molar-refractivity contribution is 5.98. The first kappa shape index (κ1) is 16.6. The number of hydrogen-bond donors (Lipinski definition) is 3. The summed E-state index contributed by atoms with van der Waals surface area (Å²) in [6.45, 7) is -0.172. The third-order valence-corrected chi connectivity index (χ3v) is 3.92. The van der Waals surface area contributed by atoms with Gasteiger partial charge in [0.15, 0.2) is 0 Å². The molecule has 24 heavy (non-hydrogen) atoms. The van der Waals surface area contributed by atoms with Crippen molar-refractivity contribution in [2.45, 2.75) is 24.9 Å². The molecule has 0 bridgehead atoms. The highest BCUT2D eigenvalue weighted by atomic mass is 19.4. The third kappa shape index (κ3) is 3.31. The van der Waals surface area contributed by atoms with E-state index in [2.05, 4.69) is 9.72 Å². The van der Waals surface area contributed by atoms with Crippen LogP contribution in [0.3, 0.4) is 0 Å². The third-order valence-electron chi connectivity index (χ3n) is 3.92. The molecule has 1 aliphatic rings. The highest BCUT2D eigenvalue weighted by Gasteiger charge is 2.35. The van der Waals surface area contributed by atoms with Gasteiger partial charge < -0.3 is 24.8 Å². The molecular weight excluding hydrogens is 329 g/mol. The lowest BCUT2D eigenvalue weighted by Crippen LogP contribution is -2.38. The van der Waals surface area contributed by atoms with Crippen LogP contribution in [-0.2, 0) is 0 Å². The summed E-state index contributed by atoms with van der Waals surface area (Å²) < 4.78 is 40.6. The van der Waals surface area contributed by atoms with Gasteiger partial charge in [-0.05, 0) is 24.6 Å². The average Bonchev–Trinajstić information content (AvgIpc) is 3.07. The number of likely N-dealkylation sites (tertiary alicyclic amines) is 1. The fraction of sp³-hybridized carbons (Fsp3) is 0.400. The van der Waals surface area contributed by atoms with Crippen molar-refractivity contribution in [3.63, 3.8) is 0 Å². The van der Waals surface area contributed by atoms with Crippen molar-refractivity contribution in [2.24, 2.45) is 0 Å². The smallest absolute Gasteiger partial charge is 0.406 e. The second kappa shape index (κ2) is 5.99. The Balaban J connectivity index is 1.86. The average molecular weight is 344 g/mol. The lowest BCUT2D eigenvalue weighted by molar-refractivity contribution is -0.274. The summed E-state index contributed by atoms with van der Waals surface area (Å²) in [5.41, 5.74) is 0.488. The number of carbonyl (C=O) groups is 1. The SMILES string of the molecule is O=C(c1cc2ccc(OC(F)(F)F)cc2[nH]1)N1C[C@@H](O)C[C@H]1CO. The second-order valence-corrected chi connectivity index (χ2v) is 5.66. The van der Waals surface area contributed by atoms with Crippen LogP contribution in [0.5, 0.6) is 5.75 Å². The molecule has 6 nitrogen and oxygen atoms in total. The van der Waals surface area contributed by atoms with Gasteiger partial charge in [-0.1, -0.05) is 0 Å². The first-order chi connectivity index (χ1) is 11.3. The fourth-order valence-electron chi connectivity index (χ4n) is 2.89. The minimum absolute atomic E-state index is 0.0991. The molecule has 1 amide bonds. The van der Waals surface area contributed by atoms with Crippen molar-refractivity contribution >= 4 is 16.8 Å². The summed E-state index contributed by atoms with van der Waals surface area (Å²) in [7, 11) is 0. The van der Waals surface area contributed by atoms with Gasteiger partial charge in [-0.2, -0.15) is 0 Å². The molecule has 0 spiro atoms. The molecule has 1 saturated heterocycles. The number of rotatable bonds is 3. The quantitative estimate of drug-likeness (QED) is 0.790. The Bertz CT molecular complexity index is 759. The molecule has 2 heterocycles. The number of aliphatic hydroxyl groups excluding tert-OH is 2. The van der Waals surface area contributed by atoms with Crippen LogP contribution < -0.4 is 4.74 Å². The minimum atomic E-state index is -4.79. The number of aromatic amines is 1. The van der Waals surface area contributed by atoms with E-state index in [1.165, 1.54) is 17.0 Å². The zero-order valence-electron chi connectivity index (χ0n) is 12.4. The molecule has 2 atom stereocenters. The Morgan fingerprint density at radius 1 is 1.38 bits per heavy atom. The maximum Gasteiger partial charge on any atom is 0.573 e. The van der Waals surface area contributed by atoms with E-state index < -0.39 is 24.4 Å². The van der Waals surface area contributed by atoms with Crippen molar-refractivity contribution in [1.82, 2.24) is 9.88 Å². The first-order valence-electron chi connectivity index (χ1n) is 7.25. The summed E-state index contributed by atoms with van der Waals surface area (Å²) in [5.74, 6) is -0.819. The van der Waals surface area contributed by atoms with E-state index in [-0.39, 0.29) is 31.0 Å². The normalized spacial score (nSPS) is 21.5. The number of H-pyrrole nitrogens is 1. The van der Waals surface area contributed by atoms with Crippen LogP contribution in [0.1, 0.15) is 16.9 Å². The van der Waals surface area contributed by atoms with Crippen LogP contribution in [0, 0.1) is 0 Å². The summed E-state index contributed by atoms with van der Waals surface area (Å²) in [4.78, 5) is 16.6.